The average molecular weight is 421 g/mol. The molecule has 1 aromatic heterocycles. The van der Waals surface area contributed by atoms with Crippen LogP contribution in [0.25, 0.3) is 0 Å². The molecule has 1 atom stereocenters. The Labute approximate surface area is 128 Å². The smallest absolute Gasteiger partial charge is 0.131 e. The SMILES string of the molecule is CCn1ccnc1C(NN)c1cc(Br)ccc1I. The zero-order chi connectivity index (χ0) is 13.1. The predicted molar refractivity (Wildman–Crippen MR) is 83.9 cm³/mol. The summed E-state index contributed by atoms with van der Waals surface area (Å²) < 4.78 is 4.28. The van der Waals surface area contributed by atoms with Crippen LogP contribution in [0.5, 0.6) is 0 Å². The number of hydrazine groups is 1. The van der Waals surface area contributed by atoms with Gasteiger partial charge < -0.3 is 4.57 Å². The van der Waals surface area contributed by atoms with E-state index in [1.165, 1.54) is 0 Å². The number of rotatable bonds is 4. The molecule has 3 N–H and O–H groups in total. The molecule has 0 bridgehead atoms. The largest absolute Gasteiger partial charge is 0.334 e. The Morgan fingerprint density at radius 3 is 3.00 bits per heavy atom. The van der Waals surface area contributed by atoms with E-state index in [0.29, 0.717) is 0 Å². The first kappa shape index (κ1) is 14.0. The van der Waals surface area contributed by atoms with Crippen molar-refractivity contribution in [2.24, 2.45) is 5.84 Å². The highest BCUT2D eigenvalue weighted by Gasteiger charge is 2.19. The van der Waals surface area contributed by atoms with E-state index in [9.17, 15) is 0 Å². The number of benzene rings is 1. The molecular formula is C12H14BrIN4. The highest BCUT2D eigenvalue weighted by atomic mass is 127. The Bertz CT molecular complexity index is 541. The van der Waals surface area contributed by atoms with E-state index in [-0.39, 0.29) is 6.04 Å². The Balaban J connectivity index is 2.48. The molecule has 2 aromatic rings. The maximum atomic E-state index is 5.72. The van der Waals surface area contributed by atoms with Crippen molar-refractivity contribution in [1.29, 1.82) is 0 Å². The van der Waals surface area contributed by atoms with Crippen LogP contribution in [0.3, 0.4) is 0 Å². The highest BCUT2D eigenvalue weighted by molar-refractivity contribution is 14.1. The standard InChI is InChI=1S/C12H14BrIN4/c1-2-18-6-5-16-12(18)11(17-15)9-7-8(13)3-4-10(9)14/h3-7,11,17H,2,15H2,1H3. The Hall–Kier alpha value is -0.440. The summed E-state index contributed by atoms with van der Waals surface area (Å²) in [5, 5.41) is 0. The quantitative estimate of drug-likeness (QED) is 0.454. The Morgan fingerprint density at radius 2 is 2.33 bits per heavy atom. The van der Waals surface area contributed by atoms with Crippen LogP contribution in [0.15, 0.2) is 35.1 Å². The number of aryl methyl sites for hydroxylation is 1. The van der Waals surface area contributed by atoms with Gasteiger partial charge in [0.2, 0.25) is 0 Å². The third kappa shape index (κ3) is 2.76. The monoisotopic (exact) mass is 420 g/mol. The lowest BCUT2D eigenvalue weighted by atomic mass is 10.1. The van der Waals surface area contributed by atoms with Crippen LogP contribution in [0.4, 0.5) is 0 Å². The number of aromatic nitrogens is 2. The van der Waals surface area contributed by atoms with E-state index in [4.69, 9.17) is 5.84 Å². The number of halogens is 2. The molecule has 0 saturated carbocycles. The van der Waals surface area contributed by atoms with Gasteiger partial charge in [0.05, 0.1) is 0 Å². The molecule has 0 aliphatic rings. The predicted octanol–water partition coefficient (Wildman–Crippen LogP) is 2.82. The minimum absolute atomic E-state index is 0.107. The van der Waals surface area contributed by atoms with Gasteiger partial charge in [-0.05, 0) is 53.3 Å². The first-order valence-corrected chi connectivity index (χ1v) is 7.46. The summed E-state index contributed by atoms with van der Waals surface area (Å²) >= 11 is 5.80. The Kier molecular flexibility index (Phi) is 4.77. The molecular weight excluding hydrogens is 407 g/mol. The zero-order valence-corrected chi connectivity index (χ0v) is 13.6. The summed E-state index contributed by atoms with van der Waals surface area (Å²) in [6.07, 6.45) is 3.76. The van der Waals surface area contributed by atoms with Crippen molar-refractivity contribution < 1.29 is 0 Å². The van der Waals surface area contributed by atoms with Gasteiger partial charge in [0.15, 0.2) is 0 Å². The summed E-state index contributed by atoms with van der Waals surface area (Å²) in [7, 11) is 0. The van der Waals surface area contributed by atoms with Gasteiger partial charge in [-0.1, -0.05) is 15.9 Å². The van der Waals surface area contributed by atoms with Crippen LogP contribution in [-0.4, -0.2) is 9.55 Å². The van der Waals surface area contributed by atoms with Crippen molar-refractivity contribution in [2.75, 3.05) is 0 Å². The molecule has 0 aliphatic heterocycles. The fourth-order valence-corrected chi connectivity index (χ4v) is 2.91. The van der Waals surface area contributed by atoms with Crippen molar-refractivity contribution in [3.8, 4) is 0 Å². The van der Waals surface area contributed by atoms with Gasteiger partial charge in [-0.25, -0.2) is 10.4 Å². The second-order valence-corrected chi connectivity index (χ2v) is 5.91. The van der Waals surface area contributed by atoms with Crippen LogP contribution in [0.2, 0.25) is 0 Å². The normalized spacial score (nSPS) is 12.7. The molecule has 1 heterocycles. The van der Waals surface area contributed by atoms with Crippen molar-refractivity contribution in [2.45, 2.75) is 19.5 Å². The summed E-state index contributed by atoms with van der Waals surface area (Å²) in [5.41, 5.74) is 3.97. The van der Waals surface area contributed by atoms with Gasteiger partial charge in [0.25, 0.3) is 0 Å². The second kappa shape index (κ2) is 6.14. The minimum Gasteiger partial charge on any atom is -0.334 e. The number of imidazole rings is 1. The van der Waals surface area contributed by atoms with Crippen LogP contribution < -0.4 is 11.3 Å². The van der Waals surface area contributed by atoms with Crippen molar-refractivity contribution in [3.05, 3.63) is 50.0 Å². The fraction of sp³-hybridized carbons (Fsp3) is 0.250. The van der Waals surface area contributed by atoms with Crippen molar-refractivity contribution >= 4 is 38.5 Å². The molecule has 96 valence electrons. The summed E-state index contributed by atoms with van der Waals surface area (Å²) in [4.78, 5) is 4.41. The topological polar surface area (TPSA) is 55.9 Å². The van der Waals surface area contributed by atoms with Crippen LogP contribution in [-0.2, 0) is 6.54 Å². The van der Waals surface area contributed by atoms with Gasteiger partial charge >= 0.3 is 0 Å². The number of nitrogens with zero attached hydrogens (tertiary/aromatic N) is 2. The number of hydrogen-bond donors (Lipinski definition) is 2. The molecule has 0 radical (unpaired) electrons. The van der Waals surface area contributed by atoms with Gasteiger partial charge in [-0.15, -0.1) is 0 Å². The Morgan fingerprint density at radius 1 is 1.56 bits per heavy atom. The molecule has 0 aliphatic carbocycles. The number of hydrogen-bond acceptors (Lipinski definition) is 3. The van der Waals surface area contributed by atoms with Crippen molar-refractivity contribution in [3.63, 3.8) is 0 Å². The molecule has 0 fully saturated rings. The van der Waals surface area contributed by atoms with E-state index in [1.54, 1.807) is 6.20 Å². The highest BCUT2D eigenvalue weighted by Crippen LogP contribution is 2.27. The lowest BCUT2D eigenvalue weighted by Crippen LogP contribution is -2.31. The third-order valence-electron chi connectivity index (χ3n) is 2.78. The summed E-state index contributed by atoms with van der Waals surface area (Å²) in [6.45, 7) is 2.96. The molecule has 1 unspecified atom stereocenters. The second-order valence-electron chi connectivity index (χ2n) is 3.84. The van der Waals surface area contributed by atoms with Gasteiger partial charge in [-0.2, -0.15) is 0 Å². The molecule has 0 saturated heterocycles. The maximum absolute atomic E-state index is 5.72. The zero-order valence-electron chi connectivity index (χ0n) is 9.90. The van der Waals surface area contributed by atoms with Gasteiger partial charge in [0, 0.05) is 27.0 Å². The van der Waals surface area contributed by atoms with Gasteiger partial charge in [-0.3, -0.25) is 5.84 Å². The number of nitrogens with one attached hydrogen (secondary N) is 1. The fourth-order valence-electron chi connectivity index (χ4n) is 1.89. The van der Waals surface area contributed by atoms with Crippen LogP contribution >= 0.6 is 38.5 Å². The molecule has 4 nitrogen and oxygen atoms in total. The number of nitrogens with two attached hydrogens (primary N) is 1. The molecule has 18 heavy (non-hydrogen) atoms. The lowest BCUT2D eigenvalue weighted by Gasteiger charge is -2.19. The average Bonchev–Trinajstić information content (AvgIpc) is 2.83. The maximum Gasteiger partial charge on any atom is 0.131 e. The van der Waals surface area contributed by atoms with E-state index in [1.807, 2.05) is 12.3 Å². The van der Waals surface area contributed by atoms with Crippen molar-refractivity contribution in [1.82, 2.24) is 15.0 Å². The van der Waals surface area contributed by atoms with E-state index in [2.05, 4.69) is 72.6 Å². The molecule has 1 aromatic carbocycles. The molecule has 0 spiro atoms. The van der Waals surface area contributed by atoms with E-state index in [0.717, 1.165) is 26.0 Å². The lowest BCUT2D eigenvalue weighted by molar-refractivity contribution is 0.559. The first-order valence-electron chi connectivity index (χ1n) is 5.59. The molecule has 6 heteroatoms. The minimum atomic E-state index is -0.107. The summed E-state index contributed by atoms with van der Waals surface area (Å²) in [5.74, 6) is 6.64. The van der Waals surface area contributed by atoms with E-state index < -0.39 is 0 Å². The summed E-state index contributed by atoms with van der Waals surface area (Å²) in [6, 6.07) is 6.04. The third-order valence-corrected chi connectivity index (χ3v) is 4.26. The first-order chi connectivity index (χ1) is 8.67. The van der Waals surface area contributed by atoms with Crippen LogP contribution in [0.1, 0.15) is 24.4 Å². The van der Waals surface area contributed by atoms with Crippen LogP contribution in [0, 0.1) is 3.57 Å². The van der Waals surface area contributed by atoms with E-state index >= 15 is 0 Å². The van der Waals surface area contributed by atoms with Gasteiger partial charge in [0.1, 0.15) is 11.9 Å². The molecule has 0 amide bonds. The molecule has 2 rings (SSSR count).